The molecule has 0 radical (unpaired) electrons. The Balaban J connectivity index is 1.85. The molecular weight excluding hydrogens is 278 g/mol. The van der Waals surface area contributed by atoms with Crippen LogP contribution in [0, 0.1) is 0 Å². The van der Waals surface area contributed by atoms with Gasteiger partial charge < -0.3 is 4.90 Å². The van der Waals surface area contributed by atoms with E-state index >= 15 is 0 Å². The number of carbonyl (C=O) groups excluding carboxylic acids is 1. The highest BCUT2D eigenvalue weighted by Gasteiger charge is 2.35. The number of aryl methyl sites for hydroxylation is 1. The Bertz CT molecular complexity index is 663. The van der Waals surface area contributed by atoms with Gasteiger partial charge in [0.15, 0.2) is 15.5 Å². The highest BCUT2D eigenvalue weighted by atomic mass is 32.2. The van der Waals surface area contributed by atoms with Crippen LogP contribution in [-0.2, 0) is 29.7 Å². The topological polar surface area (TPSA) is 72.3 Å². The van der Waals surface area contributed by atoms with Crippen LogP contribution in [0.2, 0.25) is 0 Å². The van der Waals surface area contributed by atoms with Gasteiger partial charge in [-0.05, 0) is 25.7 Å². The highest BCUT2D eigenvalue weighted by Crippen LogP contribution is 2.26. The number of nitrogens with zero attached hydrogens (tertiary/aromatic N) is 3. The molecule has 110 valence electrons. The summed E-state index contributed by atoms with van der Waals surface area (Å²) in [7, 11) is 0.564. The molecule has 7 heteroatoms. The van der Waals surface area contributed by atoms with E-state index in [0.717, 1.165) is 30.5 Å². The van der Waals surface area contributed by atoms with Crippen LogP contribution >= 0.6 is 0 Å². The molecule has 1 fully saturated rings. The third kappa shape index (κ3) is 2.13. The summed E-state index contributed by atoms with van der Waals surface area (Å²) in [6, 6.07) is -0.216. The molecule has 1 aliphatic heterocycles. The van der Waals surface area contributed by atoms with E-state index in [9.17, 15) is 13.2 Å². The average molecular weight is 297 g/mol. The summed E-state index contributed by atoms with van der Waals surface area (Å²) in [5.41, 5.74) is 2.69. The van der Waals surface area contributed by atoms with Crippen molar-refractivity contribution in [2.75, 3.05) is 18.6 Å². The fourth-order valence-corrected chi connectivity index (χ4v) is 4.97. The second-order valence-electron chi connectivity index (χ2n) is 5.72. The van der Waals surface area contributed by atoms with Gasteiger partial charge in [0, 0.05) is 31.4 Å². The normalized spacial score (nSPS) is 23.8. The van der Waals surface area contributed by atoms with E-state index < -0.39 is 9.84 Å². The van der Waals surface area contributed by atoms with E-state index in [1.54, 1.807) is 16.6 Å². The minimum atomic E-state index is -2.98. The molecule has 3 rings (SSSR count). The summed E-state index contributed by atoms with van der Waals surface area (Å²) >= 11 is 0. The van der Waals surface area contributed by atoms with Crippen LogP contribution in [0.25, 0.3) is 0 Å². The van der Waals surface area contributed by atoms with Crippen molar-refractivity contribution in [3.8, 4) is 0 Å². The molecule has 1 atom stereocenters. The number of rotatable bonds is 2. The van der Waals surface area contributed by atoms with Crippen molar-refractivity contribution in [2.24, 2.45) is 7.05 Å². The Hall–Kier alpha value is -1.37. The van der Waals surface area contributed by atoms with Gasteiger partial charge in [-0.1, -0.05) is 0 Å². The Morgan fingerprint density at radius 1 is 1.40 bits per heavy atom. The van der Waals surface area contributed by atoms with Crippen LogP contribution in [-0.4, -0.2) is 53.6 Å². The number of amides is 1. The number of fused-ring (bicyclic) bond motifs is 1. The van der Waals surface area contributed by atoms with Crippen LogP contribution in [0.1, 0.15) is 34.6 Å². The summed E-state index contributed by atoms with van der Waals surface area (Å²) in [4.78, 5) is 14.1. The van der Waals surface area contributed by atoms with Gasteiger partial charge in [0.2, 0.25) is 0 Å². The van der Waals surface area contributed by atoms with Crippen LogP contribution in [0.3, 0.4) is 0 Å². The van der Waals surface area contributed by atoms with Gasteiger partial charge in [-0.2, -0.15) is 5.10 Å². The number of hydrogen-bond acceptors (Lipinski definition) is 4. The van der Waals surface area contributed by atoms with E-state index in [4.69, 9.17) is 0 Å². The van der Waals surface area contributed by atoms with Gasteiger partial charge in [-0.15, -0.1) is 0 Å². The molecule has 6 nitrogen and oxygen atoms in total. The lowest BCUT2D eigenvalue weighted by molar-refractivity contribution is 0.0740. The molecule has 1 amide bonds. The lowest BCUT2D eigenvalue weighted by Gasteiger charge is -2.22. The maximum Gasteiger partial charge on any atom is 0.274 e. The van der Waals surface area contributed by atoms with Gasteiger partial charge in [0.05, 0.1) is 11.5 Å². The predicted molar refractivity (Wildman–Crippen MR) is 74.4 cm³/mol. The fourth-order valence-electron chi connectivity index (χ4n) is 3.20. The molecule has 0 saturated carbocycles. The zero-order valence-electron chi connectivity index (χ0n) is 11.8. The molecule has 0 N–H and O–H groups in total. The Kier molecular flexibility index (Phi) is 3.12. The van der Waals surface area contributed by atoms with Gasteiger partial charge >= 0.3 is 0 Å². The highest BCUT2D eigenvalue weighted by molar-refractivity contribution is 7.91. The molecule has 1 aromatic rings. The average Bonchev–Trinajstić information content (AvgIpc) is 3.05. The van der Waals surface area contributed by atoms with Crippen molar-refractivity contribution in [3.63, 3.8) is 0 Å². The first kappa shape index (κ1) is 13.6. The van der Waals surface area contributed by atoms with Crippen molar-refractivity contribution in [1.29, 1.82) is 0 Å². The molecule has 0 bridgehead atoms. The first-order chi connectivity index (χ1) is 9.39. The molecular formula is C13H19N3O3S. The molecule has 1 aliphatic carbocycles. The van der Waals surface area contributed by atoms with E-state index in [2.05, 4.69) is 5.10 Å². The van der Waals surface area contributed by atoms with E-state index in [0.29, 0.717) is 12.1 Å². The van der Waals surface area contributed by atoms with Gasteiger partial charge in [0.25, 0.3) is 5.91 Å². The molecule has 0 spiro atoms. The van der Waals surface area contributed by atoms with Crippen molar-refractivity contribution in [1.82, 2.24) is 14.7 Å². The van der Waals surface area contributed by atoms with Gasteiger partial charge in [0.1, 0.15) is 0 Å². The van der Waals surface area contributed by atoms with Crippen molar-refractivity contribution in [2.45, 2.75) is 31.7 Å². The van der Waals surface area contributed by atoms with Crippen molar-refractivity contribution >= 4 is 15.7 Å². The van der Waals surface area contributed by atoms with Gasteiger partial charge in [-0.3, -0.25) is 9.48 Å². The summed E-state index contributed by atoms with van der Waals surface area (Å²) < 4.78 is 24.9. The van der Waals surface area contributed by atoms with Crippen molar-refractivity contribution in [3.05, 3.63) is 17.0 Å². The molecule has 2 heterocycles. The lowest BCUT2D eigenvalue weighted by Crippen LogP contribution is -2.38. The van der Waals surface area contributed by atoms with Crippen molar-refractivity contribution < 1.29 is 13.2 Å². The zero-order valence-corrected chi connectivity index (χ0v) is 12.6. The summed E-state index contributed by atoms with van der Waals surface area (Å²) in [5, 5.41) is 4.34. The molecule has 2 aliphatic rings. The molecule has 1 aromatic heterocycles. The standard InChI is InChI=1S/C13H19N3O3S/c1-15(9-6-7-20(18,19)8-9)13(17)12-10-4-3-5-11(10)16(2)14-12/h9H,3-8H2,1-2H3. The van der Waals surface area contributed by atoms with Crippen LogP contribution in [0.15, 0.2) is 0 Å². The smallest absolute Gasteiger partial charge is 0.274 e. The maximum atomic E-state index is 12.6. The number of sulfone groups is 1. The summed E-state index contributed by atoms with van der Waals surface area (Å²) in [5.74, 6) is 0.103. The van der Waals surface area contributed by atoms with Crippen LogP contribution < -0.4 is 0 Å². The quantitative estimate of drug-likeness (QED) is 0.780. The number of aromatic nitrogens is 2. The maximum absolute atomic E-state index is 12.6. The summed E-state index contributed by atoms with van der Waals surface area (Å²) in [6.45, 7) is 0. The second kappa shape index (κ2) is 4.58. The van der Waals surface area contributed by atoms with Crippen LogP contribution in [0.5, 0.6) is 0 Å². The first-order valence-corrected chi connectivity index (χ1v) is 8.73. The number of carbonyl (C=O) groups is 1. The Labute approximate surface area is 118 Å². The number of hydrogen-bond donors (Lipinski definition) is 0. The molecule has 1 saturated heterocycles. The minimum Gasteiger partial charge on any atom is -0.336 e. The Morgan fingerprint density at radius 2 is 2.15 bits per heavy atom. The predicted octanol–water partition coefficient (Wildman–Crippen LogP) is 0.168. The van der Waals surface area contributed by atoms with Crippen LogP contribution in [0.4, 0.5) is 0 Å². The van der Waals surface area contributed by atoms with Gasteiger partial charge in [-0.25, -0.2) is 8.42 Å². The molecule has 1 unspecified atom stereocenters. The third-order valence-electron chi connectivity index (χ3n) is 4.39. The first-order valence-electron chi connectivity index (χ1n) is 6.91. The third-order valence-corrected chi connectivity index (χ3v) is 6.14. The molecule has 20 heavy (non-hydrogen) atoms. The van der Waals surface area contributed by atoms with E-state index in [1.807, 2.05) is 7.05 Å². The van der Waals surface area contributed by atoms with E-state index in [-0.39, 0.29) is 23.5 Å². The largest absolute Gasteiger partial charge is 0.336 e. The summed E-state index contributed by atoms with van der Waals surface area (Å²) in [6.07, 6.45) is 3.44. The fraction of sp³-hybridized carbons (Fsp3) is 0.692. The van der Waals surface area contributed by atoms with E-state index in [1.165, 1.54) is 0 Å². The monoisotopic (exact) mass is 297 g/mol. The Morgan fingerprint density at radius 3 is 2.80 bits per heavy atom. The minimum absolute atomic E-state index is 0.0737. The lowest BCUT2D eigenvalue weighted by atomic mass is 10.1. The zero-order chi connectivity index (χ0) is 14.5. The molecule has 0 aromatic carbocycles. The second-order valence-corrected chi connectivity index (χ2v) is 7.95. The SMILES string of the molecule is CN(C(=O)c1nn(C)c2c1CCC2)C1CCS(=O)(=O)C1.